The van der Waals surface area contributed by atoms with E-state index in [9.17, 15) is 10.1 Å². The van der Waals surface area contributed by atoms with Crippen LogP contribution >= 0.6 is 22.9 Å². The van der Waals surface area contributed by atoms with Gasteiger partial charge in [0.1, 0.15) is 5.82 Å². The minimum Gasteiger partial charge on any atom is -0.384 e. The molecule has 1 aromatic carbocycles. The highest BCUT2D eigenvalue weighted by Gasteiger charge is 2.40. The molecule has 0 saturated carbocycles. The van der Waals surface area contributed by atoms with Gasteiger partial charge in [0.05, 0.1) is 17.6 Å². The lowest BCUT2D eigenvalue weighted by Crippen LogP contribution is -2.38. The summed E-state index contributed by atoms with van der Waals surface area (Å²) in [6, 6.07) is 12.1. The number of carbonyl (C=O) groups is 1. The topological polar surface area (TPSA) is 70.1 Å². The summed E-state index contributed by atoms with van der Waals surface area (Å²) in [6.07, 6.45) is 2.95. The number of benzene rings is 1. The number of nitriles is 1. The van der Waals surface area contributed by atoms with Crippen molar-refractivity contribution in [3.05, 3.63) is 73.3 Å². The van der Waals surface area contributed by atoms with E-state index in [2.05, 4.69) is 19.1 Å². The molecule has 2 aromatic rings. The molecule has 148 valence electrons. The van der Waals surface area contributed by atoms with Gasteiger partial charge >= 0.3 is 0 Å². The van der Waals surface area contributed by atoms with Gasteiger partial charge in [0, 0.05) is 38.2 Å². The average Bonchev–Trinajstić information content (AvgIpc) is 3.18. The van der Waals surface area contributed by atoms with Crippen molar-refractivity contribution in [2.24, 2.45) is 5.73 Å². The molecule has 2 aliphatic rings. The van der Waals surface area contributed by atoms with Crippen LogP contribution in [-0.4, -0.2) is 5.78 Å². The van der Waals surface area contributed by atoms with Crippen LogP contribution in [-0.2, 0) is 11.2 Å². The number of rotatable bonds is 3. The Labute approximate surface area is 179 Å². The number of nitrogens with two attached hydrogens (primary N) is 1. The zero-order valence-electron chi connectivity index (χ0n) is 16.5. The highest BCUT2D eigenvalue weighted by atomic mass is 35.5. The summed E-state index contributed by atoms with van der Waals surface area (Å²) >= 11 is 8.02. The average molecular weight is 424 g/mol. The van der Waals surface area contributed by atoms with Crippen LogP contribution in [0, 0.1) is 18.3 Å². The number of hydrogen-bond donors (Lipinski definition) is 1. The van der Waals surface area contributed by atoms with Crippen LogP contribution in [0.1, 0.15) is 47.4 Å². The fraction of sp³-hybridized carbons (Fsp3) is 0.304. The third kappa shape index (κ3) is 3.27. The number of Topliss-reactive ketones (excluding diaryl/α,β-unsaturated/α-hetero) is 1. The fourth-order valence-electron chi connectivity index (χ4n) is 4.13. The molecule has 0 radical (unpaired) electrons. The first kappa shape index (κ1) is 19.8. The van der Waals surface area contributed by atoms with Gasteiger partial charge in [-0.25, -0.2) is 0 Å². The van der Waals surface area contributed by atoms with Crippen LogP contribution in [0.3, 0.4) is 0 Å². The van der Waals surface area contributed by atoms with E-state index < -0.39 is 0 Å². The van der Waals surface area contributed by atoms with Crippen LogP contribution in [0.25, 0.3) is 0 Å². The van der Waals surface area contributed by atoms with E-state index in [0.717, 1.165) is 41.1 Å². The molecule has 6 heteroatoms. The second kappa shape index (κ2) is 7.70. The molecule has 0 saturated heterocycles. The lowest BCUT2D eigenvalue weighted by molar-refractivity contribution is -0.116. The van der Waals surface area contributed by atoms with E-state index in [1.807, 2.05) is 36.1 Å². The third-order valence-electron chi connectivity index (χ3n) is 5.64. The molecule has 0 fully saturated rings. The highest BCUT2D eigenvalue weighted by Crippen LogP contribution is 2.48. The molecule has 2 heterocycles. The Balaban J connectivity index is 1.95. The van der Waals surface area contributed by atoms with Gasteiger partial charge in [0.15, 0.2) is 5.78 Å². The van der Waals surface area contributed by atoms with Gasteiger partial charge in [-0.3, -0.25) is 9.69 Å². The standard InChI is InChI=1S/C23H22ClN3OS/c1-3-15-9-10-20(29-15)21-16(12-25)23(26)27(14-8-7-13(2)17(24)11-14)18-5-4-6-19(28)22(18)21/h7-11,21H,3-6,26H2,1-2H3/t21-/m0/s1. The van der Waals surface area contributed by atoms with Crippen molar-refractivity contribution in [3.63, 3.8) is 0 Å². The summed E-state index contributed by atoms with van der Waals surface area (Å²) in [5.74, 6) is 0.105. The molecule has 0 amide bonds. The summed E-state index contributed by atoms with van der Waals surface area (Å²) in [4.78, 5) is 17.2. The van der Waals surface area contributed by atoms with Crippen molar-refractivity contribution < 1.29 is 4.79 Å². The van der Waals surface area contributed by atoms with Crippen molar-refractivity contribution in [2.75, 3.05) is 4.90 Å². The molecule has 0 unspecified atom stereocenters. The molecular weight excluding hydrogens is 402 g/mol. The number of nitrogens with zero attached hydrogens (tertiary/aromatic N) is 2. The number of aryl methyl sites for hydroxylation is 2. The first-order chi connectivity index (χ1) is 14.0. The summed E-state index contributed by atoms with van der Waals surface area (Å²) < 4.78 is 0. The normalized spacial score (nSPS) is 19.4. The number of thiophene rings is 1. The number of halogens is 1. The van der Waals surface area contributed by atoms with Gasteiger partial charge in [-0.1, -0.05) is 24.6 Å². The van der Waals surface area contributed by atoms with Crippen LogP contribution in [0.5, 0.6) is 0 Å². The van der Waals surface area contributed by atoms with E-state index >= 15 is 0 Å². The molecule has 1 aromatic heterocycles. The minimum absolute atomic E-state index is 0.103. The maximum Gasteiger partial charge on any atom is 0.161 e. The maximum atomic E-state index is 13.1. The van der Waals surface area contributed by atoms with Crippen molar-refractivity contribution in [1.82, 2.24) is 0 Å². The van der Waals surface area contributed by atoms with Gasteiger partial charge in [-0.05, 0) is 56.0 Å². The molecule has 29 heavy (non-hydrogen) atoms. The van der Waals surface area contributed by atoms with E-state index in [0.29, 0.717) is 28.4 Å². The van der Waals surface area contributed by atoms with Gasteiger partial charge in [0.2, 0.25) is 0 Å². The van der Waals surface area contributed by atoms with Crippen molar-refractivity contribution in [1.29, 1.82) is 5.26 Å². The first-order valence-electron chi connectivity index (χ1n) is 9.77. The van der Waals surface area contributed by atoms with Gasteiger partial charge < -0.3 is 5.73 Å². The zero-order valence-corrected chi connectivity index (χ0v) is 18.0. The lowest BCUT2D eigenvalue weighted by Gasteiger charge is -2.39. The monoisotopic (exact) mass is 423 g/mol. The van der Waals surface area contributed by atoms with Gasteiger partial charge in [-0.15, -0.1) is 11.3 Å². The minimum atomic E-state index is -0.384. The third-order valence-corrected chi connectivity index (χ3v) is 7.34. The van der Waals surface area contributed by atoms with Crippen LogP contribution in [0.4, 0.5) is 5.69 Å². The van der Waals surface area contributed by atoms with E-state index in [1.165, 1.54) is 4.88 Å². The zero-order chi connectivity index (χ0) is 20.7. The molecule has 0 spiro atoms. The molecule has 1 aliphatic carbocycles. The summed E-state index contributed by atoms with van der Waals surface area (Å²) in [6.45, 7) is 4.04. The number of anilines is 1. The predicted molar refractivity (Wildman–Crippen MR) is 118 cm³/mol. The van der Waals surface area contributed by atoms with E-state index in [4.69, 9.17) is 17.3 Å². The Morgan fingerprint density at radius 1 is 1.31 bits per heavy atom. The fourth-order valence-corrected chi connectivity index (χ4v) is 5.37. The number of ketones is 1. The summed E-state index contributed by atoms with van der Waals surface area (Å²) in [7, 11) is 0. The summed E-state index contributed by atoms with van der Waals surface area (Å²) in [5, 5.41) is 10.7. The molecular formula is C23H22ClN3OS. The van der Waals surface area contributed by atoms with Crippen LogP contribution in [0.15, 0.2) is 53.0 Å². The van der Waals surface area contributed by atoms with Gasteiger partial charge in [-0.2, -0.15) is 5.26 Å². The molecule has 4 rings (SSSR count). The number of carbonyl (C=O) groups excluding carboxylic acids is 1. The van der Waals surface area contributed by atoms with Crippen LogP contribution < -0.4 is 10.6 Å². The molecule has 0 bridgehead atoms. The maximum absolute atomic E-state index is 13.1. The van der Waals surface area contributed by atoms with Crippen molar-refractivity contribution >= 4 is 34.4 Å². The summed E-state index contributed by atoms with van der Waals surface area (Å²) in [5.41, 5.74) is 10.4. The second-order valence-electron chi connectivity index (χ2n) is 7.41. The SMILES string of the molecule is CCc1ccc([C@@H]2C(C#N)=C(N)N(c3ccc(C)c(Cl)c3)C3=C2C(=O)CCC3)s1. The first-order valence-corrected chi connectivity index (χ1v) is 11.0. The Hall–Kier alpha value is -2.55. The number of hydrogen-bond acceptors (Lipinski definition) is 5. The van der Waals surface area contributed by atoms with Gasteiger partial charge in [0.25, 0.3) is 0 Å². The van der Waals surface area contributed by atoms with Crippen molar-refractivity contribution in [2.45, 2.75) is 45.4 Å². The Bertz CT molecular complexity index is 1110. The Morgan fingerprint density at radius 3 is 2.76 bits per heavy atom. The Kier molecular flexibility index (Phi) is 5.24. The lowest BCUT2D eigenvalue weighted by atomic mass is 9.78. The smallest absolute Gasteiger partial charge is 0.161 e. The highest BCUT2D eigenvalue weighted by molar-refractivity contribution is 7.12. The quantitative estimate of drug-likeness (QED) is 0.699. The Morgan fingerprint density at radius 2 is 2.10 bits per heavy atom. The molecule has 4 nitrogen and oxygen atoms in total. The van der Waals surface area contributed by atoms with E-state index in [-0.39, 0.29) is 11.7 Å². The number of allylic oxidation sites excluding steroid dienone is 3. The van der Waals surface area contributed by atoms with Crippen molar-refractivity contribution in [3.8, 4) is 6.07 Å². The largest absolute Gasteiger partial charge is 0.384 e. The molecule has 2 N–H and O–H groups in total. The second-order valence-corrected chi connectivity index (χ2v) is 9.01. The predicted octanol–water partition coefficient (Wildman–Crippen LogP) is 5.58. The molecule has 1 atom stereocenters. The molecule has 1 aliphatic heterocycles. The van der Waals surface area contributed by atoms with Crippen LogP contribution in [0.2, 0.25) is 5.02 Å². The van der Waals surface area contributed by atoms with E-state index in [1.54, 1.807) is 11.3 Å².